The summed E-state index contributed by atoms with van der Waals surface area (Å²) >= 11 is 7.86. The Labute approximate surface area is 157 Å². The fraction of sp³-hybridized carbons (Fsp3) is 0.556. The van der Waals surface area contributed by atoms with E-state index < -0.39 is 0 Å². The van der Waals surface area contributed by atoms with E-state index in [4.69, 9.17) is 16.3 Å². The molecule has 2 aromatic rings. The Bertz CT molecular complexity index is 741. The molecule has 0 spiro atoms. The van der Waals surface area contributed by atoms with E-state index in [-0.39, 0.29) is 0 Å². The highest BCUT2D eigenvalue weighted by Crippen LogP contribution is 2.42. The van der Waals surface area contributed by atoms with Crippen molar-refractivity contribution < 1.29 is 4.74 Å². The minimum Gasteiger partial charge on any atom is -0.496 e. The maximum atomic E-state index is 6.15. The van der Waals surface area contributed by atoms with Gasteiger partial charge in [-0.25, -0.2) is 0 Å². The Morgan fingerprint density at radius 3 is 2.72 bits per heavy atom. The summed E-state index contributed by atoms with van der Waals surface area (Å²) in [5, 5.41) is 10.8. The summed E-state index contributed by atoms with van der Waals surface area (Å²) in [6.07, 6.45) is 6.28. The van der Waals surface area contributed by atoms with Crippen LogP contribution in [0.1, 0.15) is 43.7 Å². The molecular weight excluding hydrogens is 356 g/mol. The summed E-state index contributed by atoms with van der Waals surface area (Å²) in [6.45, 7) is 2.19. The SMILES string of the molecule is COc1ccc(Cl)cc1CSc1nnc(N2CCCCC2)n1C1CC1. The molecule has 2 aliphatic rings. The molecule has 0 amide bonds. The van der Waals surface area contributed by atoms with Crippen LogP contribution in [0.25, 0.3) is 0 Å². The molecule has 2 fully saturated rings. The fourth-order valence-electron chi connectivity index (χ4n) is 3.33. The fourth-order valence-corrected chi connectivity index (χ4v) is 4.51. The van der Waals surface area contributed by atoms with Gasteiger partial charge in [0.2, 0.25) is 5.95 Å². The van der Waals surface area contributed by atoms with E-state index in [1.807, 2.05) is 18.2 Å². The lowest BCUT2D eigenvalue weighted by molar-refractivity contribution is 0.411. The summed E-state index contributed by atoms with van der Waals surface area (Å²) in [7, 11) is 1.69. The first-order valence-electron chi connectivity index (χ1n) is 8.91. The van der Waals surface area contributed by atoms with Crippen LogP contribution in [0, 0.1) is 0 Å². The Kier molecular flexibility index (Phi) is 5.08. The van der Waals surface area contributed by atoms with Gasteiger partial charge < -0.3 is 9.64 Å². The van der Waals surface area contributed by atoms with Crippen LogP contribution in [-0.4, -0.2) is 35.0 Å². The lowest BCUT2D eigenvalue weighted by Gasteiger charge is -2.27. The first kappa shape index (κ1) is 17.0. The minimum atomic E-state index is 0.565. The van der Waals surface area contributed by atoms with Crippen LogP contribution in [0.4, 0.5) is 5.95 Å². The van der Waals surface area contributed by atoms with E-state index >= 15 is 0 Å². The highest BCUT2D eigenvalue weighted by molar-refractivity contribution is 7.98. The molecule has 25 heavy (non-hydrogen) atoms. The lowest BCUT2D eigenvalue weighted by atomic mass is 10.1. The number of piperidine rings is 1. The van der Waals surface area contributed by atoms with Crippen molar-refractivity contribution in [2.24, 2.45) is 0 Å². The van der Waals surface area contributed by atoms with E-state index in [2.05, 4.69) is 19.7 Å². The summed E-state index contributed by atoms with van der Waals surface area (Å²) in [5.41, 5.74) is 1.09. The molecule has 5 nitrogen and oxygen atoms in total. The third kappa shape index (κ3) is 3.75. The van der Waals surface area contributed by atoms with E-state index in [9.17, 15) is 0 Å². The highest BCUT2D eigenvalue weighted by atomic mass is 35.5. The molecule has 1 aromatic heterocycles. The predicted octanol–water partition coefficient (Wildman–Crippen LogP) is 4.56. The van der Waals surface area contributed by atoms with Gasteiger partial charge in [-0.05, 0) is 50.3 Å². The molecule has 134 valence electrons. The van der Waals surface area contributed by atoms with Gasteiger partial charge in [0.15, 0.2) is 5.16 Å². The Morgan fingerprint density at radius 2 is 2.00 bits per heavy atom. The van der Waals surface area contributed by atoms with Crippen LogP contribution >= 0.6 is 23.4 Å². The van der Waals surface area contributed by atoms with Crippen molar-refractivity contribution in [2.45, 2.75) is 49.1 Å². The molecule has 1 aliphatic carbocycles. The van der Waals surface area contributed by atoms with Crippen molar-refractivity contribution in [3.63, 3.8) is 0 Å². The number of rotatable bonds is 6. The van der Waals surface area contributed by atoms with Crippen LogP contribution in [0.5, 0.6) is 5.75 Å². The van der Waals surface area contributed by atoms with Gasteiger partial charge in [-0.1, -0.05) is 23.4 Å². The number of anilines is 1. The van der Waals surface area contributed by atoms with Crippen molar-refractivity contribution in [3.8, 4) is 5.75 Å². The summed E-state index contributed by atoms with van der Waals surface area (Å²) in [4.78, 5) is 2.40. The second kappa shape index (κ2) is 7.46. The molecule has 1 saturated carbocycles. The number of ether oxygens (including phenoxy) is 1. The molecular formula is C18H23ClN4OS. The lowest BCUT2D eigenvalue weighted by Crippen LogP contribution is -2.31. The first-order valence-corrected chi connectivity index (χ1v) is 10.3. The standard InChI is InChI=1S/C18H23ClN4OS/c1-24-16-8-5-14(19)11-13(16)12-25-18-21-20-17(23(18)15-6-7-15)22-9-3-2-4-10-22/h5,8,11,15H,2-4,6-7,9-10,12H2,1H3. The molecule has 0 N–H and O–H groups in total. The van der Waals surface area contributed by atoms with Gasteiger partial charge in [0.05, 0.1) is 7.11 Å². The molecule has 0 atom stereocenters. The average molecular weight is 379 g/mol. The van der Waals surface area contributed by atoms with Crippen LogP contribution in [-0.2, 0) is 5.75 Å². The number of hydrogen-bond donors (Lipinski definition) is 0. The second-order valence-corrected chi connectivity index (χ2v) is 8.06. The summed E-state index contributed by atoms with van der Waals surface area (Å²) < 4.78 is 7.81. The predicted molar refractivity (Wildman–Crippen MR) is 102 cm³/mol. The zero-order valence-electron chi connectivity index (χ0n) is 14.4. The zero-order valence-corrected chi connectivity index (χ0v) is 16.0. The topological polar surface area (TPSA) is 43.2 Å². The monoisotopic (exact) mass is 378 g/mol. The van der Waals surface area contributed by atoms with Crippen LogP contribution in [0.2, 0.25) is 5.02 Å². The maximum Gasteiger partial charge on any atom is 0.228 e. The Hall–Kier alpha value is -1.40. The molecule has 1 saturated heterocycles. The normalized spacial score (nSPS) is 17.8. The number of nitrogens with zero attached hydrogens (tertiary/aromatic N) is 4. The molecule has 0 radical (unpaired) electrons. The first-order chi connectivity index (χ1) is 12.3. The van der Waals surface area contributed by atoms with Gasteiger partial charge in [0, 0.05) is 35.5 Å². The van der Waals surface area contributed by atoms with Gasteiger partial charge in [0.25, 0.3) is 0 Å². The number of halogens is 1. The number of aromatic nitrogens is 3. The van der Waals surface area contributed by atoms with Crippen molar-refractivity contribution in [1.82, 2.24) is 14.8 Å². The van der Waals surface area contributed by atoms with Gasteiger partial charge >= 0.3 is 0 Å². The van der Waals surface area contributed by atoms with Crippen molar-refractivity contribution in [3.05, 3.63) is 28.8 Å². The van der Waals surface area contributed by atoms with Crippen molar-refractivity contribution in [1.29, 1.82) is 0 Å². The molecule has 1 aromatic carbocycles. The van der Waals surface area contributed by atoms with E-state index in [1.54, 1.807) is 18.9 Å². The number of thioether (sulfide) groups is 1. The van der Waals surface area contributed by atoms with Crippen LogP contribution in [0.3, 0.4) is 0 Å². The minimum absolute atomic E-state index is 0.565. The average Bonchev–Trinajstić information content (AvgIpc) is 3.40. The second-order valence-electron chi connectivity index (χ2n) is 6.68. The van der Waals surface area contributed by atoms with Crippen molar-refractivity contribution >= 4 is 29.3 Å². The molecule has 1 aliphatic heterocycles. The van der Waals surface area contributed by atoms with E-state index in [1.165, 1.54) is 32.1 Å². The number of benzene rings is 1. The molecule has 4 rings (SSSR count). The van der Waals surface area contributed by atoms with Gasteiger partial charge in [-0.3, -0.25) is 4.57 Å². The highest BCUT2D eigenvalue weighted by Gasteiger charge is 2.32. The van der Waals surface area contributed by atoms with E-state index in [0.29, 0.717) is 6.04 Å². The number of hydrogen-bond acceptors (Lipinski definition) is 5. The zero-order chi connectivity index (χ0) is 17.2. The quantitative estimate of drug-likeness (QED) is 0.689. The largest absolute Gasteiger partial charge is 0.496 e. The third-order valence-electron chi connectivity index (χ3n) is 4.80. The van der Waals surface area contributed by atoms with Crippen molar-refractivity contribution in [2.75, 3.05) is 25.1 Å². The maximum absolute atomic E-state index is 6.15. The molecule has 7 heteroatoms. The smallest absolute Gasteiger partial charge is 0.228 e. The van der Waals surface area contributed by atoms with Gasteiger partial charge in [0.1, 0.15) is 5.75 Å². The Morgan fingerprint density at radius 1 is 1.20 bits per heavy atom. The van der Waals surface area contributed by atoms with Gasteiger partial charge in [-0.2, -0.15) is 0 Å². The molecule has 2 heterocycles. The molecule has 0 bridgehead atoms. The molecule has 0 unspecified atom stereocenters. The summed E-state index contributed by atoms with van der Waals surface area (Å²) in [5.74, 6) is 2.70. The third-order valence-corrected chi connectivity index (χ3v) is 6.02. The van der Waals surface area contributed by atoms with E-state index in [0.717, 1.165) is 46.3 Å². The van der Waals surface area contributed by atoms with Crippen LogP contribution < -0.4 is 9.64 Å². The van der Waals surface area contributed by atoms with Crippen LogP contribution in [0.15, 0.2) is 23.4 Å². The number of methoxy groups -OCH3 is 1. The Balaban J connectivity index is 1.55. The van der Waals surface area contributed by atoms with Gasteiger partial charge in [-0.15, -0.1) is 10.2 Å². The summed E-state index contributed by atoms with van der Waals surface area (Å²) in [6, 6.07) is 6.31.